The highest BCUT2D eigenvalue weighted by Gasteiger charge is 2.21. The van der Waals surface area contributed by atoms with Crippen LogP contribution in [0.25, 0.3) is 11.4 Å². The lowest BCUT2D eigenvalue weighted by Gasteiger charge is -2.26. The second kappa shape index (κ2) is 6.30. The molecule has 3 rings (SSSR count). The summed E-state index contributed by atoms with van der Waals surface area (Å²) in [4.78, 5) is 5.88. The Labute approximate surface area is 124 Å². The van der Waals surface area contributed by atoms with E-state index < -0.39 is 0 Å². The Kier molecular flexibility index (Phi) is 4.24. The van der Waals surface area contributed by atoms with Crippen LogP contribution in [0.4, 0.5) is 0 Å². The summed E-state index contributed by atoms with van der Waals surface area (Å²) in [6.45, 7) is 3.09. The number of aliphatic hydroxyl groups excluding tert-OH is 1. The molecule has 0 radical (unpaired) electrons. The third-order valence-corrected chi connectivity index (χ3v) is 4.25. The molecular weight excluding hydrogens is 266 g/mol. The lowest BCUT2D eigenvalue weighted by Crippen LogP contribution is -2.21. The van der Waals surface area contributed by atoms with Gasteiger partial charge in [-0.3, -0.25) is 4.98 Å². The molecule has 0 spiro atoms. The zero-order valence-corrected chi connectivity index (χ0v) is 12.3. The fourth-order valence-corrected chi connectivity index (χ4v) is 2.95. The maximum Gasteiger partial charge on any atom is 0.205 e. The van der Waals surface area contributed by atoms with E-state index in [-0.39, 0.29) is 0 Å². The van der Waals surface area contributed by atoms with Crippen LogP contribution in [0.5, 0.6) is 0 Å². The zero-order chi connectivity index (χ0) is 14.7. The molecule has 6 heteroatoms. The second-order valence-corrected chi connectivity index (χ2v) is 5.92. The maximum atomic E-state index is 9.17. The van der Waals surface area contributed by atoms with Crippen LogP contribution in [0.3, 0.4) is 0 Å². The van der Waals surface area contributed by atoms with Crippen LogP contribution in [-0.2, 0) is 6.54 Å². The summed E-state index contributed by atoms with van der Waals surface area (Å²) in [5.41, 5.74) is 1.91. The van der Waals surface area contributed by atoms with Crippen LogP contribution in [0.1, 0.15) is 31.4 Å². The Hall–Kier alpha value is -1.82. The molecule has 0 aliphatic heterocycles. The Morgan fingerprint density at radius 2 is 2.00 bits per heavy atom. The first kappa shape index (κ1) is 14.1. The molecule has 6 nitrogen and oxygen atoms in total. The summed E-state index contributed by atoms with van der Waals surface area (Å²) in [6, 6.07) is 3.87. The van der Waals surface area contributed by atoms with Crippen LogP contribution in [0, 0.1) is 18.8 Å². The Balaban J connectivity index is 1.63. The maximum absolute atomic E-state index is 9.17. The van der Waals surface area contributed by atoms with E-state index in [4.69, 9.17) is 0 Å². The number of rotatable bonds is 4. The highest BCUT2D eigenvalue weighted by Crippen LogP contribution is 2.29. The van der Waals surface area contributed by atoms with Gasteiger partial charge in [-0.25, -0.2) is 0 Å². The van der Waals surface area contributed by atoms with Crippen LogP contribution >= 0.6 is 0 Å². The molecule has 2 heterocycles. The minimum absolute atomic E-state index is 0.319. The summed E-state index contributed by atoms with van der Waals surface area (Å²) in [5, 5.41) is 21.9. The molecule has 0 unspecified atom stereocenters. The third-order valence-electron chi connectivity index (χ3n) is 4.25. The summed E-state index contributed by atoms with van der Waals surface area (Å²) in [5.74, 6) is 1.74. The quantitative estimate of drug-likeness (QED) is 0.928. The molecule has 1 N–H and O–H groups in total. The van der Waals surface area contributed by atoms with E-state index in [9.17, 15) is 5.11 Å². The van der Waals surface area contributed by atoms with E-state index in [1.807, 2.05) is 19.1 Å². The summed E-state index contributed by atoms with van der Waals surface area (Å²) in [6.07, 6.45) is 6.24. The van der Waals surface area contributed by atoms with E-state index >= 15 is 0 Å². The van der Waals surface area contributed by atoms with E-state index in [1.54, 1.807) is 11.0 Å². The van der Waals surface area contributed by atoms with Gasteiger partial charge in [-0.15, -0.1) is 10.2 Å². The standard InChI is InChI=1S/C15H21N5O/c1-11-8-14(6-7-16-11)15-17-19-20(18-15)9-12-2-4-13(10-21)5-3-12/h6-8,12-13,21H,2-5,9-10H2,1H3/t12-,13-. The van der Waals surface area contributed by atoms with Crippen molar-refractivity contribution in [2.24, 2.45) is 11.8 Å². The molecule has 0 aromatic carbocycles. The van der Waals surface area contributed by atoms with E-state index in [1.165, 1.54) is 0 Å². The van der Waals surface area contributed by atoms with Crippen molar-refractivity contribution < 1.29 is 5.11 Å². The Morgan fingerprint density at radius 1 is 1.24 bits per heavy atom. The van der Waals surface area contributed by atoms with Gasteiger partial charge < -0.3 is 5.11 Å². The smallest absolute Gasteiger partial charge is 0.205 e. The molecule has 1 saturated carbocycles. The molecule has 1 aliphatic rings. The average Bonchev–Trinajstić information content (AvgIpc) is 2.97. The van der Waals surface area contributed by atoms with Gasteiger partial charge in [-0.1, -0.05) is 0 Å². The van der Waals surface area contributed by atoms with Crippen molar-refractivity contribution in [2.45, 2.75) is 39.2 Å². The van der Waals surface area contributed by atoms with Gasteiger partial charge in [0.15, 0.2) is 0 Å². The van der Waals surface area contributed by atoms with Crippen molar-refractivity contribution in [3.8, 4) is 11.4 Å². The highest BCUT2D eigenvalue weighted by molar-refractivity contribution is 5.53. The summed E-state index contributed by atoms with van der Waals surface area (Å²) in [7, 11) is 0. The molecule has 1 aliphatic carbocycles. The van der Waals surface area contributed by atoms with Crippen molar-refractivity contribution in [3.05, 3.63) is 24.0 Å². The molecule has 21 heavy (non-hydrogen) atoms. The molecule has 112 valence electrons. The zero-order valence-electron chi connectivity index (χ0n) is 12.3. The predicted molar refractivity (Wildman–Crippen MR) is 78.3 cm³/mol. The topological polar surface area (TPSA) is 76.7 Å². The van der Waals surface area contributed by atoms with Gasteiger partial charge in [0.25, 0.3) is 0 Å². The van der Waals surface area contributed by atoms with Gasteiger partial charge in [0.2, 0.25) is 5.82 Å². The molecule has 2 aromatic rings. The van der Waals surface area contributed by atoms with Gasteiger partial charge in [0.1, 0.15) is 0 Å². The molecule has 2 aromatic heterocycles. The first-order chi connectivity index (χ1) is 10.2. The number of aliphatic hydroxyl groups is 1. The van der Waals surface area contributed by atoms with Crippen molar-refractivity contribution in [1.82, 2.24) is 25.2 Å². The van der Waals surface area contributed by atoms with Crippen LogP contribution in [0.15, 0.2) is 18.3 Å². The molecule has 0 amide bonds. The van der Waals surface area contributed by atoms with Crippen molar-refractivity contribution in [2.75, 3.05) is 6.61 Å². The van der Waals surface area contributed by atoms with E-state index in [2.05, 4.69) is 20.4 Å². The van der Waals surface area contributed by atoms with Crippen LogP contribution < -0.4 is 0 Å². The van der Waals surface area contributed by atoms with Crippen molar-refractivity contribution in [3.63, 3.8) is 0 Å². The molecular formula is C15H21N5O. The Bertz CT molecular complexity index is 589. The largest absolute Gasteiger partial charge is 0.396 e. The lowest BCUT2D eigenvalue weighted by molar-refractivity contribution is 0.157. The fraction of sp³-hybridized carbons (Fsp3) is 0.600. The first-order valence-corrected chi connectivity index (χ1v) is 7.56. The SMILES string of the molecule is Cc1cc(-c2nnn(C[C@H]3CC[C@H](CO)CC3)n2)ccn1. The Morgan fingerprint density at radius 3 is 2.71 bits per heavy atom. The van der Waals surface area contributed by atoms with E-state index in [0.717, 1.165) is 43.5 Å². The number of aromatic nitrogens is 5. The predicted octanol–water partition coefficient (Wildman–Crippen LogP) is 1.84. The number of hydrogen-bond acceptors (Lipinski definition) is 5. The normalized spacial score (nSPS) is 22.4. The third kappa shape index (κ3) is 3.44. The number of pyridine rings is 1. The first-order valence-electron chi connectivity index (χ1n) is 7.56. The number of tetrazole rings is 1. The number of hydrogen-bond donors (Lipinski definition) is 1. The molecule has 0 bridgehead atoms. The minimum atomic E-state index is 0.319. The monoisotopic (exact) mass is 287 g/mol. The van der Waals surface area contributed by atoms with Gasteiger partial charge in [-0.2, -0.15) is 4.80 Å². The number of aryl methyl sites for hydroxylation is 1. The van der Waals surface area contributed by atoms with Gasteiger partial charge in [-0.05, 0) is 61.8 Å². The fourth-order valence-electron chi connectivity index (χ4n) is 2.95. The summed E-state index contributed by atoms with van der Waals surface area (Å²) >= 11 is 0. The van der Waals surface area contributed by atoms with Crippen molar-refractivity contribution in [1.29, 1.82) is 0 Å². The van der Waals surface area contributed by atoms with Crippen LogP contribution in [-0.4, -0.2) is 36.9 Å². The molecule has 1 fully saturated rings. The second-order valence-electron chi connectivity index (χ2n) is 5.92. The highest BCUT2D eigenvalue weighted by atomic mass is 16.3. The van der Waals surface area contributed by atoms with Gasteiger partial charge in [0, 0.05) is 24.1 Å². The minimum Gasteiger partial charge on any atom is -0.396 e. The van der Waals surface area contributed by atoms with Crippen molar-refractivity contribution >= 4 is 0 Å². The summed E-state index contributed by atoms with van der Waals surface area (Å²) < 4.78 is 0. The van der Waals surface area contributed by atoms with E-state index in [0.29, 0.717) is 24.3 Å². The number of nitrogens with zero attached hydrogens (tertiary/aromatic N) is 5. The van der Waals surface area contributed by atoms with Gasteiger partial charge >= 0.3 is 0 Å². The lowest BCUT2D eigenvalue weighted by atomic mass is 9.82. The molecule has 0 atom stereocenters. The molecule has 0 saturated heterocycles. The van der Waals surface area contributed by atoms with Crippen LogP contribution in [0.2, 0.25) is 0 Å². The van der Waals surface area contributed by atoms with Gasteiger partial charge in [0.05, 0.1) is 6.54 Å². The average molecular weight is 287 g/mol.